The Labute approximate surface area is 215 Å². The van der Waals surface area contributed by atoms with E-state index in [1.165, 1.54) is 24.3 Å². The Morgan fingerprint density at radius 3 is 2.37 bits per heavy atom. The first-order valence-electron chi connectivity index (χ1n) is 11.6. The van der Waals surface area contributed by atoms with E-state index in [4.69, 9.17) is 4.84 Å². The van der Waals surface area contributed by atoms with E-state index in [2.05, 4.69) is 19.9 Å². The van der Waals surface area contributed by atoms with E-state index < -0.39 is 23.5 Å². The lowest BCUT2D eigenvalue weighted by Crippen LogP contribution is -2.25. The largest absolute Gasteiger partial charge is 0.586 e. The summed E-state index contributed by atoms with van der Waals surface area (Å²) in [4.78, 5) is 21.8. The Kier molecular flexibility index (Phi) is 5.85. The fourth-order valence-electron chi connectivity index (χ4n) is 4.31. The number of nitrogens with one attached hydrogen (secondary N) is 1. The summed E-state index contributed by atoms with van der Waals surface area (Å²) in [5.41, 5.74) is 4.60. The number of anilines is 1. The molecule has 0 bridgehead atoms. The molecule has 0 fully saturated rings. The number of carboxylic acids is 1. The van der Waals surface area contributed by atoms with Crippen LogP contribution < -0.4 is 19.8 Å². The fraction of sp³-hybridized carbons (Fsp3) is 0.214. The number of benzene rings is 3. The molecule has 0 amide bonds. The molecule has 0 unspecified atom stereocenters. The van der Waals surface area contributed by atoms with Crippen LogP contribution >= 0.6 is 0 Å². The van der Waals surface area contributed by atoms with Crippen LogP contribution in [0.2, 0.25) is 0 Å². The number of aromatic nitrogens is 1. The van der Waals surface area contributed by atoms with Gasteiger partial charge in [-0.05, 0) is 47.7 Å². The van der Waals surface area contributed by atoms with Crippen molar-refractivity contribution >= 4 is 22.6 Å². The molecule has 0 radical (unpaired) electrons. The molecule has 0 aliphatic carbocycles. The monoisotopic (exact) mass is 524 g/mol. The SMILES string of the molecule is Cc1ccc2c(-c3cc4c(cc3NOc3ccc(C(C)(C)C)c(F)c3)OC(F)(F)O4)ccc(C(=O)O)c2n1. The van der Waals surface area contributed by atoms with Crippen LogP contribution in [-0.2, 0) is 5.41 Å². The molecule has 0 saturated carbocycles. The molecule has 1 aromatic heterocycles. The van der Waals surface area contributed by atoms with Gasteiger partial charge in [-0.3, -0.25) is 4.98 Å². The molecular weight excluding hydrogens is 501 g/mol. The highest BCUT2D eigenvalue weighted by Gasteiger charge is 2.44. The standard InChI is InChI=1S/C28H23F3N2O5/c1-14-5-7-17-16(8-9-18(26(34)35)25(17)32-14)19-12-23-24(37-28(30,31)36-23)13-22(19)33-38-15-6-10-20(21(29)11-15)27(2,3)4/h5-13,33H,1-4H3,(H,34,35). The Bertz CT molecular complexity index is 1600. The van der Waals surface area contributed by atoms with Crippen LogP contribution in [0.5, 0.6) is 17.2 Å². The van der Waals surface area contributed by atoms with E-state index in [-0.39, 0.29) is 34.0 Å². The molecule has 4 aromatic rings. The highest BCUT2D eigenvalue weighted by Crippen LogP contribution is 2.47. The van der Waals surface area contributed by atoms with Gasteiger partial charge < -0.3 is 19.4 Å². The molecule has 0 atom stereocenters. The number of hydrogen-bond acceptors (Lipinski definition) is 6. The normalized spacial score (nSPS) is 14.0. The quantitative estimate of drug-likeness (QED) is 0.270. The van der Waals surface area contributed by atoms with Gasteiger partial charge in [0.15, 0.2) is 17.2 Å². The third kappa shape index (κ3) is 4.65. The number of carbonyl (C=O) groups is 1. The molecule has 38 heavy (non-hydrogen) atoms. The van der Waals surface area contributed by atoms with Crippen LogP contribution in [0, 0.1) is 12.7 Å². The van der Waals surface area contributed by atoms with Crippen LogP contribution in [0.1, 0.15) is 42.4 Å². The summed E-state index contributed by atoms with van der Waals surface area (Å²) in [6.45, 7) is 7.38. The van der Waals surface area contributed by atoms with Gasteiger partial charge in [-0.2, -0.15) is 0 Å². The molecule has 1 aliphatic rings. The molecule has 0 saturated heterocycles. The number of aryl methyl sites for hydroxylation is 1. The van der Waals surface area contributed by atoms with Gasteiger partial charge in [0, 0.05) is 28.8 Å². The number of alkyl halides is 2. The molecule has 1 aliphatic heterocycles. The molecule has 7 nitrogen and oxygen atoms in total. The zero-order valence-electron chi connectivity index (χ0n) is 20.9. The van der Waals surface area contributed by atoms with Gasteiger partial charge >= 0.3 is 12.3 Å². The number of fused-ring (bicyclic) bond motifs is 2. The smallest absolute Gasteiger partial charge is 0.478 e. The maximum absolute atomic E-state index is 14.7. The number of hydrogen-bond donors (Lipinski definition) is 2. The van der Waals surface area contributed by atoms with Crippen molar-refractivity contribution in [2.45, 2.75) is 39.4 Å². The average molecular weight is 524 g/mol. The van der Waals surface area contributed by atoms with Crippen molar-refractivity contribution in [3.8, 4) is 28.4 Å². The third-order valence-electron chi connectivity index (χ3n) is 6.09. The van der Waals surface area contributed by atoms with Crippen molar-refractivity contribution in [2.75, 3.05) is 5.48 Å². The van der Waals surface area contributed by atoms with Gasteiger partial charge in [0.1, 0.15) is 5.82 Å². The molecule has 196 valence electrons. The Morgan fingerprint density at radius 1 is 1.00 bits per heavy atom. The number of aromatic carboxylic acids is 1. The van der Waals surface area contributed by atoms with Gasteiger partial charge in [0.05, 0.1) is 16.8 Å². The van der Waals surface area contributed by atoms with Crippen molar-refractivity contribution in [3.05, 3.63) is 77.2 Å². The lowest BCUT2D eigenvalue weighted by atomic mass is 9.87. The van der Waals surface area contributed by atoms with E-state index in [1.54, 1.807) is 37.3 Å². The van der Waals surface area contributed by atoms with Gasteiger partial charge in [0.2, 0.25) is 0 Å². The van der Waals surface area contributed by atoms with Gasteiger partial charge in [-0.25, -0.2) is 14.7 Å². The van der Waals surface area contributed by atoms with Gasteiger partial charge in [-0.15, -0.1) is 8.78 Å². The summed E-state index contributed by atoms with van der Waals surface area (Å²) >= 11 is 0. The second-order valence-electron chi connectivity index (χ2n) is 9.92. The van der Waals surface area contributed by atoms with Crippen LogP contribution in [0.3, 0.4) is 0 Å². The number of rotatable bonds is 5. The first-order valence-corrected chi connectivity index (χ1v) is 11.6. The van der Waals surface area contributed by atoms with E-state index in [1.807, 2.05) is 20.8 Å². The molecule has 2 heterocycles. The average Bonchev–Trinajstić information content (AvgIpc) is 3.13. The van der Waals surface area contributed by atoms with Crippen LogP contribution in [0.15, 0.2) is 54.6 Å². The maximum Gasteiger partial charge on any atom is 0.586 e. The van der Waals surface area contributed by atoms with Crippen LogP contribution in [-0.4, -0.2) is 22.4 Å². The van der Waals surface area contributed by atoms with E-state index in [9.17, 15) is 23.1 Å². The molecule has 2 N–H and O–H groups in total. The fourth-order valence-corrected chi connectivity index (χ4v) is 4.31. The van der Waals surface area contributed by atoms with E-state index in [0.29, 0.717) is 27.8 Å². The van der Waals surface area contributed by atoms with Crippen molar-refractivity contribution in [1.29, 1.82) is 0 Å². The number of halogens is 3. The molecule has 0 spiro atoms. The number of carboxylic acid groups (broad SMARTS) is 1. The second-order valence-corrected chi connectivity index (χ2v) is 9.92. The predicted molar refractivity (Wildman–Crippen MR) is 134 cm³/mol. The minimum Gasteiger partial charge on any atom is -0.478 e. The Balaban J connectivity index is 1.61. The van der Waals surface area contributed by atoms with Gasteiger partial charge in [0.25, 0.3) is 0 Å². The lowest BCUT2D eigenvalue weighted by Gasteiger charge is -2.20. The van der Waals surface area contributed by atoms with Crippen molar-refractivity contribution < 1.29 is 37.4 Å². The van der Waals surface area contributed by atoms with Gasteiger partial charge in [-0.1, -0.05) is 39.0 Å². The predicted octanol–water partition coefficient (Wildman–Crippen LogP) is 7.07. The molecule has 10 heteroatoms. The molecule has 3 aromatic carbocycles. The lowest BCUT2D eigenvalue weighted by molar-refractivity contribution is -0.286. The van der Waals surface area contributed by atoms with Crippen molar-refractivity contribution in [1.82, 2.24) is 4.98 Å². The van der Waals surface area contributed by atoms with Crippen LogP contribution in [0.25, 0.3) is 22.0 Å². The van der Waals surface area contributed by atoms with Crippen molar-refractivity contribution in [2.24, 2.45) is 0 Å². The number of ether oxygens (including phenoxy) is 2. The molecular formula is C28H23F3N2O5. The Morgan fingerprint density at radius 2 is 1.71 bits per heavy atom. The summed E-state index contributed by atoms with van der Waals surface area (Å²) in [6, 6.07) is 13.4. The summed E-state index contributed by atoms with van der Waals surface area (Å²) in [5, 5.41) is 10.1. The topological polar surface area (TPSA) is 89.9 Å². The minimum atomic E-state index is -3.86. The van der Waals surface area contributed by atoms with E-state index >= 15 is 0 Å². The zero-order chi connectivity index (χ0) is 27.4. The zero-order valence-corrected chi connectivity index (χ0v) is 20.9. The molecule has 5 rings (SSSR count). The number of pyridine rings is 1. The highest BCUT2D eigenvalue weighted by molar-refractivity contribution is 6.08. The van der Waals surface area contributed by atoms with Crippen molar-refractivity contribution in [3.63, 3.8) is 0 Å². The van der Waals surface area contributed by atoms with Crippen LogP contribution in [0.4, 0.5) is 18.9 Å². The maximum atomic E-state index is 14.7. The summed E-state index contributed by atoms with van der Waals surface area (Å²) in [7, 11) is 0. The minimum absolute atomic E-state index is 0.0140. The summed E-state index contributed by atoms with van der Waals surface area (Å²) in [5.74, 6) is -1.93. The second kappa shape index (κ2) is 8.83. The third-order valence-corrected chi connectivity index (χ3v) is 6.09. The summed E-state index contributed by atoms with van der Waals surface area (Å²) < 4.78 is 51.7. The highest BCUT2D eigenvalue weighted by atomic mass is 19.3. The Hall–Kier alpha value is -4.47. The summed E-state index contributed by atoms with van der Waals surface area (Å²) in [6.07, 6.45) is -3.86. The first kappa shape index (κ1) is 25.2. The number of nitrogens with zero attached hydrogens (tertiary/aromatic N) is 1. The first-order chi connectivity index (χ1) is 17.8. The van der Waals surface area contributed by atoms with E-state index in [0.717, 1.165) is 0 Å².